The molecule has 102 valence electrons. The number of halogens is 1. The van der Waals surface area contributed by atoms with Crippen molar-refractivity contribution in [3.63, 3.8) is 0 Å². The molecule has 1 heterocycles. The second-order valence-corrected chi connectivity index (χ2v) is 4.75. The molecule has 0 saturated carbocycles. The Balaban J connectivity index is 0.00000161. The van der Waals surface area contributed by atoms with Crippen LogP contribution >= 0.6 is 0 Å². The first-order valence-electron chi connectivity index (χ1n) is 6.49. The van der Waals surface area contributed by atoms with E-state index in [2.05, 4.69) is 4.98 Å². The Labute approximate surface area is 135 Å². The quantitative estimate of drug-likeness (QED) is 0.694. The average molecular weight is 333 g/mol. The van der Waals surface area contributed by atoms with Crippen molar-refractivity contribution in [2.24, 2.45) is 0 Å². The molecule has 0 amide bonds. The maximum absolute atomic E-state index is 13.6. The zero-order valence-corrected chi connectivity index (χ0v) is 14.7. The summed E-state index contributed by atoms with van der Waals surface area (Å²) in [6, 6.07) is 16.4. The van der Waals surface area contributed by atoms with Crippen LogP contribution in [0.25, 0.3) is 22.0 Å². The summed E-state index contributed by atoms with van der Waals surface area (Å²) < 4.78 is 13.6. The van der Waals surface area contributed by atoms with Gasteiger partial charge < -0.3 is 5.11 Å². The number of alkyl halides is 1. The van der Waals surface area contributed by atoms with Crippen molar-refractivity contribution >= 4 is 10.8 Å². The van der Waals surface area contributed by atoms with Gasteiger partial charge >= 0.3 is 0 Å². The van der Waals surface area contributed by atoms with Gasteiger partial charge in [-0.05, 0) is 30.5 Å². The molecular formula is C17H14FNOZn. The number of fused-ring (bicyclic) bond motifs is 1. The van der Waals surface area contributed by atoms with Gasteiger partial charge in [-0.15, -0.1) is 0 Å². The van der Waals surface area contributed by atoms with E-state index in [1.165, 1.54) is 6.92 Å². The molecule has 0 saturated heterocycles. The standard InChI is InChI=1S/C17H14FNO.Zn/c1-11(18)15-10-12-6-2-3-7-13(12)17(19-15)14-8-4-5-9-16(14)20;/h2-11,20H,1H3;. The minimum atomic E-state index is -1.15. The van der Waals surface area contributed by atoms with Gasteiger partial charge in [-0.1, -0.05) is 36.4 Å². The van der Waals surface area contributed by atoms with Gasteiger partial charge in [-0.25, -0.2) is 9.37 Å². The molecular weight excluding hydrogens is 319 g/mol. The van der Waals surface area contributed by atoms with Crippen molar-refractivity contribution in [1.82, 2.24) is 4.98 Å². The number of aromatic nitrogens is 1. The maximum atomic E-state index is 13.6. The maximum Gasteiger partial charge on any atom is 0.139 e. The van der Waals surface area contributed by atoms with E-state index < -0.39 is 6.17 Å². The van der Waals surface area contributed by atoms with Crippen LogP contribution in [0.5, 0.6) is 5.75 Å². The van der Waals surface area contributed by atoms with E-state index in [-0.39, 0.29) is 25.2 Å². The van der Waals surface area contributed by atoms with Crippen LogP contribution in [0.1, 0.15) is 18.8 Å². The summed E-state index contributed by atoms with van der Waals surface area (Å²) in [4.78, 5) is 4.40. The fourth-order valence-corrected chi connectivity index (χ4v) is 2.30. The molecule has 2 nitrogen and oxygen atoms in total. The van der Waals surface area contributed by atoms with Crippen LogP contribution in [-0.4, -0.2) is 10.1 Å². The summed E-state index contributed by atoms with van der Waals surface area (Å²) in [5, 5.41) is 11.8. The largest absolute Gasteiger partial charge is 0.507 e. The Morgan fingerprint density at radius 3 is 2.43 bits per heavy atom. The van der Waals surface area contributed by atoms with Crippen molar-refractivity contribution in [3.05, 3.63) is 60.3 Å². The summed E-state index contributed by atoms with van der Waals surface area (Å²) >= 11 is 0. The molecule has 0 fully saturated rings. The monoisotopic (exact) mass is 331 g/mol. The molecule has 4 heteroatoms. The summed E-state index contributed by atoms with van der Waals surface area (Å²) in [6.07, 6.45) is -1.15. The Bertz CT molecular complexity index is 774. The van der Waals surface area contributed by atoms with E-state index in [0.717, 1.165) is 10.8 Å². The van der Waals surface area contributed by atoms with Crippen LogP contribution < -0.4 is 0 Å². The number of aromatic hydroxyl groups is 1. The predicted octanol–water partition coefficient (Wildman–Crippen LogP) is 4.64. The van der Waals surface area contributed by atoms with Gasteiger partial charge in [0, 0.05) is 30.4 Å². The van der Waals surface area contributed by atoms with E-state index in [9.17, 15) is 9.50 Å². The van der Waals surface area contributed by atoms with E-state index in [0.29, 0.717) is 17.0 Å². The third-order valence-corrected chi connectivity index (χ3v) is 3.33. The minimum Gasteiger partial charge on any atom is -0.507 e. The third-order valence-electron chi connectivity index (χ3n) is 3.33. The van der Waals surface area contributed by atoms with E-state index >= 15 is 0 Å². The first kappa shape index (κ1) is 15.6. The number of phenols is 1. The molecule has 0 aliphatic rings. The summed E-state index contributed by atoms with van der Waals surface area (Å²) in [6.45, 7) is 1.46. The van der Waals surface area contributed by atoms with Gasteiger partial charge in [0.2, 0.25) is 0 Å². The van der Waals surface area contributed by atoms with Gasteiger partial charge in [0.05, 0.1) is 11.4 Å². The molecule has 1 atom stereocenters. The molecule has 2 aromatic carbocycles. The van der Waals surface area contributed by atoms with E-state index in [4.69, 9.17) is 0 Å². The SMILES string of the molecule is CC(F)c1cc2ccccc2c(-c2ccccc2O)n1.[Zn]. The number of hydrogen-bond donors (Lipinski definition) is 1. The topological polar surface area (TPSA) is 33.1 Å². The summed E-state index contributed by atoms with van der Waals surface area (Å²) in [7, 11) is 0. The Kier molecular flexibility index (Phi) is 4.69. The Hall–Kier alpha value is -1.80. The van der Waals surface area contributed by atoms with Gasteiger partial charge in [0.1, 0.15) is 11.9 Å². The van der Waals surface area contributed by atoms with Crippen LogP contribution in [-0.2, 0) is 19.5 Å². The number of rotatable bonds is 2. The van der Waals surface area contributed by atoms with Crippen molar-refractivity contribution in [2.45, 2.75) is 13.1 Å². The molecule has 1 N–H and O–H groups in total. The van der Waals surface area contributed by atoms with Crippen LogP contribution in [0.2, 0.25) is 0 Å². The Morgan fingerprint density at radius 2 is 1.71 bits per heavy atom. The summed E-state index contributed by atoms with van der Waals surface area (Å²) in [5.41, 5.74) is 1.61. The van der Waals surface area contributed by atoms with Gasteiger partial charge in [0.25, 0.3) is 0 Å². The van der Waals surface area contributed by atoms with Crippen LogP contribution in [0.3, 0.4) is 0 Å². The number of nitrogens with zero attached hydrogens (tertiary/aromatic N) is 1. The average Bonchev–Trinajstić information content (AvgIpc) is 2.46. The van der Waals surface area contributed by atoms with Crippen LogP contribution in [0.4, 0.5) is 4.39 Å². The van der Waals surface area contributed by atoms with E-state index in [1.807, 2.05) is 30.3 Å². The molecule has 3 aromatic rings. The number of pyridine rings is 1. The van der Waals surface area contributed by atoms with Crippen molar-refractivity contribution in [2.75, 3.05) is 0 Å². The second-order valence-electron chi connectivity index (χ2n) is 4.75. The molecule has 0 aliphatic heterocycles. The van der Waals surface area contributed by atoms with E-state index in [1.54, 1.807) is 24.3 Å². The smallest absolute Gasteiger partial charge is 0.139 e. The van der Waals surface area contributed by atoms with Crippen molar-refractivity contribution < 1.29 is 29.0 Å². The molecule has 1 aromatic heterocycles. The molecule has 0 spiro atoms. The molecule has 1 unspecified atom stereocenters. The fraction of sp³-hybridized carbons (Fsp3) is 0.118. The second kappa shape index (κ2) is 6.32. The van der Waals surface area contributed by atoms with Crippen LogP contribution in [0.15, 0.2) is 54.6 Å². The molecule has 0 bridgehead atoms. The van der Waals surface area contributed by atoms with Crippen molar-refractivity contribution in [1.29, 1.82) is 0 Å². The predicted molar refractivity (Wildman–Crippen MR) is 78.4 cm³/mol. The normalized spacial score (nSPS) is 11.9. The first-order chi connectivity index (χ1) is 9.66. The van der Waals surface area contributed by atoms with Gasteiger partial charge in [-0.2, -0.15) is 0 Å². The zero-order valence-electron chi connectivity index (χ0n) is 11.8. The third kappa shape index (κ3) is 2.96. The molecule has 3 rings (SSSR count). The number of para-hydroxylation sites is 1. The fourth-order valence-electron chi connectivity index (χ4n) is 2.30. The molecule has 0 aliphatic carbocycles. The Morgan fingerprint density at radius 1 is 1.05 bits per heavy atom. The first-order valence-corrected chi connectivity index (χ1v) is 6.49. The van der Waals surface area contributed by atoms with Gasteiger partial charge in [-0.3, -0.25) is 0 Å². The van der Waals surface area contributed by atoms with Gasteiger partial charge in [0.15, 0.2) is 0 Å². The molecule has 21 heavy (non-hydrogen) atoms. The number of benzene rings is 2. The number of phenolic OH excluding ortho intramolecular Hbond substituents is 1. The molecule has 0 radical (unpaired) electrons. The van der Waals surface area contributed by atoms with Crippen molar-refractivity contribution in [3.8, 4) is 17.0 Å². The van der Waals surface area contributed by atoms with Crippen LogP contribution in [0, 0.1) is 0 Å². The summed E-state index contributed by atoms with van der Waals surface area (Å²) in [5.74, 6) is 0.147. The zero-order chi connectivity index (χ0) is 14.1. The minimum absolute atomic E-state index is 0. The number of hydrogen-bond acceptors (Lipinski definition) is 2.